The van der Waals surface area contributed by atoms with E-state index in [1.54, 1.807) is 12.0 Å². The van der Waals surface area contributed by atoms with Crippen molar-refractivity contribution in [3.05, 3.63) is 41.1 Å². The maximum Gasteiger partial charge on any atom is 0.338 e. The van der Waals surface area contributed by atoms with Crippen LogP contribution in [0.15, 0.2) is 35.5 Å². The largest absolute Gasteiger partial charge is 0.497 e. The smallest absolute Gasteiger partial charge is 0.338 e. The van der Waals surface area contributed by atoms with E-state index in [-0.39, 0.29) is 18.6 Å². The SMILES string of the molecule is COc1ccc(C2NC(=O)N(CCC(C)C)C3=C2C(=O)OC3)cc1. The topological polar surface area (TPSA) is 67.9 Å². The van der Waals surface area contributed by atoms with Crippen molar-refractivity contribution >= 4 is 12.0 Å². The van der Waals surface area contributed by atoms with Gasteiger partial charge in [0.2, 0.25) is 0 Å². The summed E-state index contributed by atoms with van der Waals surface area (Å²) in [5.74, 6) is 0.835. The number of carbonyl (C=O) groups is 2. The summed E-state index contributed by atoms with van der Waals surface area (Å²) in [6.45, 7) is 4.95. The molecule has 1 aromatic rings. The van der Waals surface area contributed by atoms with E-state index in [1.807, 2.05) is 24.3 Å². The Morgan fingerprint density at radius 1 is 1.29 bits per heavy atom. The van der Waals surface area contributed by atoms with Gasteiger partial charge in [0.1, 0.15) is 12.4 Å². The fourth-order valence-electron chi connectivity index (χ4n) is 2.98. The maximum atomic E-state index is 12.6. The first-order valence-electron chi connectivity index (χ1n) is 8.13. The van der Waals surface area contributed by atoms with E-state index in [4.69, 9.17) is 9.47 Å². The molecule has 0 saturated heterocycles. The van der Waals surface area contributed by atoms with Gasteiger partial charge in [-0.3, -0.25) is 4.90 Å². The minimum atomic E-state index is -0.483. The highest BCUT2D eigenvalue weighted by molar-refractivity contribution is 5.97. The predicted molar refractivity (Wildman–Crippen MR) is 88.4 cm³/mol. The van der Waals surface area contributed by atoms with E-state index in [9.17, 15) is 9.59 Å². The second kappa shape index (κ2) is 6.55. The monoisotopic (exact) mass is 330 g/mol. The molecule has 2 amide bonds. The number of carbonyl (C=O) groups excluding carboxylic acids is 2. The fourth-order valence-corrected chi connectivity index (χ4v) is 2.98. The quantitative estimate of drug-likeness (QED) is 0.843. The summed E-state index contributed by atoms with van der Waals surface area (Å²) in [5.41, 5.74) is 2.05. The molecule has 6 nitrogen and oxygen atoms in total. The minimum Gasteiger partial charge on any atom is -0.497 e. The number of nitrogens with one attached hydrogen (secondary N) is 1. The predicted octanol–water partition coefficient (Wildman–Crippen LogP) is 2.62. The van der Waals surface area contributed by atoms with Crippen LogP contribution in [0.5, 0.6) is 5.75 Å². The van der Waals surface area contributed by atoms with Crippen LogP contribution in [0.2, 0.25) is 0 Å². The molecular weight excluding hydrogens is 308 g/mol. The number of hydrogen-bond donors (Lipinski definition) is 1. The van der Waals surface area contributed by atoms with Gasteiger partial charge in [-0.15, -0.1) is 0 Å². The number of amides is 2. The fraction of sp³-hybridized carbons (Fsp3) is 0.444. The zero-order valence-corrected chi connectivity index (χ0v) is 14.2. The summed E-state index contributed by atoms with van der Waals surface area (Å²) < 4.78 is 10.4. The van der Waals surface area contributed by atoms with E-state index >= 15 is 0 Å². The number of hydrogen-bond acceptors (Lipinski definition) is 4. The molecule has 0 bridgehead atoms. The van der Waals surface area contributed by atoms with Crippen LogP contribution in [-0.4, -0.2) is 37.2 Å². The van der Waals surface area contributed by atoms with Crippen LogP contribution in [0.25, 0.3) is 0 Å². The first-order chi connectivity index (χ1) is 11.5. The summed E-state index contributed by atoms with van der Waals surface area (Å²) in [5, 5.41) is 2.93. The summed E-state index contributed by atoms with van der Waals surface area (Å²) in [4.78, 5) is 26.4. The van der Waals surface area contributed by atoms with Crippen LogP contribution < -0.4 is 10.1 Å². The molecule has 128 valence electrons. The number of cyclic esters (lactones) is 1. The highest BCUT2D eigenvalue weighted by Gasteiger charge is 2.41. The molecule has 0 spiro atoms. The third-order valence-corrected chi connectivity index (χ3v) is 4.38. The van der Waals surface area contributed by atoms with Crippen LogP contribution in [0.4, 0.5) is 4.79 Å². The van der Waals surface area contributed by atoms with Gasteiger partial charge in [-0.25, -0.2) is 9.59 Å². The average molecular weight is 330 g/mol. The summed E-state index contributed by atoms with van der Waals surface area (Å²) in [7, 11) is 1.60. The molecule has 0 radical (unpaired) electrons. The molecular formula is C18H22N2O4. The Bertz CT molecular complexity index is 679. The lowest BCUT2D eigenvalue weighted by molar-refractivity contribution is -0.136. The molecule has 2 aliphatic rings. The van der Waals surface area contributed by atoms with E-state index in [0.29, 0.717) is 23.7 Å². The van der Waals surface area contributed by atoms with Crippen molar-refractivity contribution in [2.24, 2.45) is 5.92 Å². The molecule has 2 aliphatic heterocycles. The summed E-state index contributed by atoms with van der Waals surface area (Å²) >= 11 is 0. The summed E-state index contributed by atoms with van der Waals surface area (Å²) in [6, 6.07) is 6.66. The van der Waals surface area contributed by atoms with Gasteiger partial charge in [0, 0.05) is 6.54 Å². The number of esters is 1. The normalized spacial score (nSPS) is 20.2. The molecule has 0 aliphatic carbocycles. The van der Waals surface area contributed by atoms with Crippen LogP contribution in [0.1, 0.15) is 31.9 Å². The third kappa shape index (κ3) is 2.96. The molecule has 1 aromatic carbocycles. The lowest BCUT2D eigenvalue weighted by Crippen LogP contribution is -2.47. The number of methoxy groups -OCH3 is 1. The number of nitrogens with zero attached hydrogens (tertiary/aromatic N) is 1. The van der Waals surface area contributed by atoms with E-state index < -0.39 is 6.04 Å². The van der Waals surface area contributed by atoms with Gasteiger partial charge in [-0.05, 0) is 30.0 Å². The molecule has 2 heterocycles. The molecule has 1 unspecified atom stereocenters. The Labute approximate surface area is 141 Å². The van der Waals surface area contributed by atoms with Crippen molar-refractivity contribution < 1.29 is 19.1 Å². The minimum absolute atomic E-state index is 0.159. The Morgan fingerprint density at radius 3 is 2.62 bits per heavy atom. The molecule has 0 fully saturated rings. The Kier molecular flexibility index (Phi) is 4.46. The van der Waals surface area contributed by atoms with Crippen LogP contribution in [0, 0.1) is 5.92 Å². The highest BCUT2D eigenvalue weighted by Crippen LogP contribution is 2.35. The Balaban J connectivity index is 1.93. The maximum absolute atomic E-state index is 12.6. The molecule has 6 heteroatoms. The zero-order chi connectivity index (χ0) is 17.3. The lowest BCUT2D eigenvalue weighted by atomic mass is 9.95. The van der Waals surface area contributed by atoms with E-state index in [1.165, 1.54) is 0 Å². The Hall–Kier alpha value is -2.50. The van der Waals surface area contributed by atoms with Crippen molar-refractivity contribution in [2.45, 2.75) is 26.3 Å². The number of benzene rings is 1. The second-order valence-corrected chi connectivity index (χ2v) is 6.43. The van der Waals surface area contributed by atoms with Crippen molar-refractivity contribution in [2.75, 3.05) is 20.3 Å². The molecule has 0 saturated carbocycles. The van der Waals surface area contributed by atoms with Gasteiger partial charge in [-0.1, -0.05) is 26.0 Å². The van der Waals surface area contributed by atoms with Gasteiger partial charge >= 0.3 is 12.0 Å². The first-order valence-corrected chi connectivity index (χ1v) is 8.13. The number of rotatable bonds is 5. The molecule has 0 aromatic heterocycles. The van der Waals surface area contributed by atoms with E-state index in [2.05, 4.69) is 19.2 Å². The van der Waals surface area contributed by atoms with Gasteiger partial charge in [0.05, 0.1) is 24.4 Å². The van der Waals surface area contributed by atoms with Crippen molar-refractivity contribution in [3.8, 4) is 5.75 Å². The molecule has 24 heavy (non-hydrogen) atoms. The van der Waals surface area contributed by atoms with Crippen LogP contribution in [0.3, 0.4) is 0 Å². The lowest BCUT2D eigenvalue weighted by Gasteiger charge is -2.33. The van der Waals surface area contributed by atoms with Gasteiger partial charge in [0.25, 0.3) is 0 Å². The third-order valence-electron chi connectivity index (χ3n) is 4.38. The summed E-state index contributed by atoms with van der Waals surface area (Å²) in [6.07, 6.45) is 0.867. The standard InChI is InChI=1S/C18H22N2O4/c1-11(2)8-9-20-14-10-24-17(21)15(14)16(19-18(20)22)12-4-6-13(23-3)7-5-12/h4-7,11,16H,8-10H2,1-3H3,(H,19,22). The molecule has 3 rings (SSSR count). The highest BCUT2D eigenvalue weighted by atomic mass is 16.5. The second-order valence-electron chi connectivity index (χ2n) is 6.43. The van der Waals surface area contributed by atoms with Crippen molar-refractivity contribution in [3.63, 3.8) is 0 Å². The number of ether oxygens (including phenoxy) is 2. The zero-order valence-electron chi connectivity index (χ0n) is 14.2. The first kappa shape index (κ1) is 16.4. The van der Waals surface area contributed by atoms with Crippen molar-refractivity contribution in [1.29, 1.82) is 0 Å². The van der Waals surface area contributed by atoms with Crippen LogP contribution in [-0.2, 0) is 9.53 Å². The average Bonchev–Trinajstić information content (AvgIpc) is 2.95. The van der Waals surface area contributed by atoms with Gasteiger partial charge in [0.15, 0.2) is 0 Å². The molecule has 1 N–H and O–H groups in total. The van der Waals surface area contributed by atoms with E-state index in [0.717, 1.165) is 17.7 Å². The van der Waals surface area contributed by atoms with Crippen molar-refractivity contribution in [1.82, 2.24) is 10.2 Å². The van der Waals surface area contributed by atoms with Crippen LogP contribution >= 0.6 is 0 Å². The Morgan fingerprint density at radius 2 is 2.00 bits per heavy atom. The molecule has 1 atom stereocenters. The number of urea groups is 1. The van der Waals surface area contributed by atoms with Gasteiger partial charge in [-0.2, -0.15) is 0 Å². The van der Waals surface area contributed by atoms with Gasteiger partial charge < -0.3 is 14.8 Å².